The molecule has 0 saturated heterocycles. The SMILES string of the molecule is N[C@@H](CCCCNC(=O)CCNC(=O)[C@H](CNC(=O)c1cc2c(c(C(F)(F)F)c1)COB2O)NC(=O)c1cc2c(c(C(F)(F)F)c1)COB2O)C(=O)P. The van der Waals surface area contributed by atoms with E-state index in [9.17, 15) is 60.4 Å². The number of carbonyl (C=O) groups is 5. The number of unbranched alkanes of at least 4 members (excludes halogenated alkanes) is 1. The number of rotatable bonds is 15. The first-order valence-electron chi connectivity index (χ1n) is 16.0. The zero-order valence-electron chi connectivity index (χ0n) is 27.7. The van der Waals surface area contributed by atoms with Crippen molar-refractivity contribution in [2.24, 2.45) is 5.73 Å². The molecule has 4 amide bonds. The lowest BCUT2D eigenvalue weighted by atomic mass is 9.77. The van der Waals surface area contributed by atoms with Gasteiger partial charge in [-0.05, 0) is 65.6 Å². The number of amides is 4. The van der Waals surface area contributed by atoms with Crippen LogP contribution in [0.25, 0.3) is 0 Å². The second-order valence-corrected chi connectivity index (χ2v) is 12.7. The highest BCUT2D eigenvalue weighted by Gasteiger charge is 2.42. The number of nitrogens with two attached hydrogens (primary N) is 1. The zero-order valence-corrected chi connectivity index (χ0v) is 28.8. The molecule has 2 heterocycles. The van der Waals surface area contributed by atoms with Crippen LogP contribution in [0.15, 0.2) is 24.3 Å². The summed E-state index contributed by atoms with van der Waals surface area (Å²) in [5.74, 6) is -3.96. The third kappa shape index (κ3) is 10.8. The highest BCUT2D eigenvalue weighted by molar-refractivity contribution is 7.40. The summed E-state index contributed by atoms with van der Waals surface area (Å²) in [4.78, 5) is 63.0. The fourth-order valence-electron chi connectivity index (χ4n) is 5.54. The van der Waals surface area contributed by atoms with Crippen LogP contribution in [-0.4, -0.2) is 85.2 Å². The summed E-state index contributed by atoms with van der Waals surface area (Å²) < 4.78 is 92.6. The standard InChI is InChI=1S/C30H34B2F6N5O9P/c33-29(34,35)18-7-14(9-20-16(18)12-51-31(20)49)25(45)42-11-23(27(47)41-6-4-24(44)40-5-2-1-3-22(39)28(48)53)43-26(46)15-8-19(30(36,37)38)17-13-52-32(50)21(17)10-15/h7-10,22-23,49-50H,1-6,11-13,39,53H2,(H,40,44)(H,41,47)(H,42,45)(H,43,46)/t22-,23-/m0/s1. The highest BCUT2D eigenvalue weighted by atomic mass is 31.0. The number of hydrogen-bond acceptors (Lipinski definition) is 10. The first kappa shape index (κ1) is 41.7. The van der Waals surface area contributed by atoms with Gasteiger partial charge in [-0.3, -0.25) is 24.0 Å². The molecule has 8 N–H and O–H groups in total. The molecule has 14 nitrogen and oxygen atoms in total. The normalized spacial score (nSPS) is 15.0. The van der Waals surface area contributed by atoms with E-state index < -0.39 is 110 Å². The van der Waals surface area contributed by atoms with E-state index in [0.717, 1.165) is 12.1 Å². The van der Waals surface area contributed by atoms with Crippen molar-refractivity contribution in [3.63, 3.8) is 0 Å². The van der Waals surface area contributed by atoms with Crippen LogP contribution in [0.1, 0.15) is 68.7 Å². The summed E-state index contributed by atoms with van der Waals surface area (Å²) in [6.45, 7) is -2.04. The third-order valence-electron chi connectivity index (χ3n) is 8.38. The Morgan fingerprint density at radius 1 is 0.792 bits per heavy atom. The summed E-state index contributed by atoms with van der Waals surface area (Å²) >= 11 is 0. The molecule has 2 aliphatic rings. The van der Waals surface area contributed by atoms with Crippen molar-refractivity contribution in [3.05, 3.63) is 57.6 Å². The van der Waals surface area contributed by atoms with E-state index >= 15 is 0 Å². The molecule has 0 bridgehead atoms. The van der Waals surface area contributed by atoms with Gasteiger partial charge in [0.25, 0.3) is 11.8 Å². The van der Waals surface area contributed by atoms with Gasteiger partial charge in [-0.2, -0.15) is 26.3 Å². The van der Waals surface area contributed by atoms with Crippen LogP contribution >= 0.6 is 9.24 Å². The van der Waals surface area contributed by atoms with E-state index in [1.807, 2.05) is 9.24 Å². The molecule has 2 aromatic carbocycles. The number of halogens is 6. The van der Waals surface area contributed by atoms with Crippen LogP contribution in [0, 0.1) is 0 Å². The molecular formula is C30H34B2F6N5O9P. The van der Waals surface area contributed by atoms with E-state index in [1.54, 1.807) is 0 Å². The largest absolute Gasteiger partial charge is 0.491 e. The van der Waals surface area contributed by atoms with Crippen molar-refractivity contribution >= 4 is 63.6 Å². The van der Waals surface area contributed by atoms with Crippen molar-refractivity contribution in [2.75, 3.05) is 19.6 Å². The Labute approximate surface area is 300 Å². The fraction of sp³-hybridized carbons (Fsp3) is 0.433. The Bertz CT molecular complexity index is 1750. The molecular weight excluding hydrogens is 741 g/mol. The molecule has 2 aromatic rings. The van der Waals surface area contributed by atoms with Gasteiger partial charge in [-0.25, -0.2) is 0 Å². The average Bonchev–Trinajstić information content (AvgIpc) is 3.65. The van der Waals surface area contributed by atoms with Gasteiger partial charge in [0, 0.05) is 37.2 Å². The maximum Gasteiger partial charge on any atom is 0.491 e. The zero-order chi connectivity index (χ0) is 39.2. The van der Waals surface area contributed by atoms with Crippen LogP contribution in [-0.2, 0) is 49.3 Å². The fourth-order valence-corrected chi connectivity index (χ4v) is 5.71. The topological polar surface area (TPSA) is 218 Å². The lowest BCUT2D eigenvalue weighted by Crippen LogP contribution is -2.53. The van der Waals surface area contributed by atoms with Gasteiger partial charge in [-0.1, -0.05) is 9.24 Å². The smallest absolute Gasteiger partial charge is 0.423 e. The summed E-state index contributed by atoms with van der Waals surface area (Å²) in [6, 6.07) is 0.474. The van der Waals surface area contributed by atoms with Gasteiger partial charge in [0.15, 0.2) is 5.52 Å². The van der Waals surface area contributed by atoms with E-state index in [4.69, 9.17) is 15.0 Å². The third-order valence-corrected chi connectivity index (χ3v) is 8.80. The molecule has 53 heavy (non-hydrogen) atoms. The molecule has 286 valence electrons. The van der Waals surface area contributed by atoms with Crippen molar-refractivity contribution in [2.45, 2.75) is 63.3 Å². The molecule has 0 aliphatic carbocycles. The Morgan fingerprint density at radius 3 is 1.83 bits per heavy atom. The monoisotopic (exact) mass is 775 g/mol. The number of benzene rings is 2. The van der Waals surface area contributed by atoms with Crippen LogP contribution in [0.4, 0.5) is 26.3 Å². The van der Waals surface area contributed by atoms with Gasteiger partial charge in [-0.15, -0.1) is 0 Å². The first-order chi connectivity index (χ1) is 24.8. The molecule has 1 unspecified atom stereocenters. The van der Waals surface area contributed by atoms with Crippen LogP contribution in [0.2, 0.25) is 0 Å². The molecule has 0 spiro atoms. The van der Waals surface area contributed by atoms with Crippen molar-refractivity contribution < 1.29 is 69.7 Å². The quantitative estimate of drug-likeness (QED) is 0.0518. The van der Waals surface area contributed by atoms with Crippen LogP contribution < -0.4 is 37.9 Å². The van der Waals surface area contributed by atoms with Gasteiger partial charge in [0.2, 0.25) is 11.8 Å². The predicted octanol–water partition coefficient (Wildman–Crippen LogP) is -0.790. The number of nitrogens with one attached hydrogen (secondary N) is 4. The summed E-state index contributed by atoms with van der Waals surface area (Å²) in [5, 5.41) is 29.4. The second kappa shape index (κ2) is 17.4. The predicted molar refractivity (Wildman–Crippen MR) is 178 cm³/mol. The Hall–Kier alpha value is -4.07. The summed E-state index contributed by atoms with van der Waals surface area (Å²) in [7, 11) is -1.55. The minimum absolute atomic E-state index is 0.234. The molecule has 2 aliphatic heterocycles. The molecule has 0 aromatic heterocycles. The lowest BCUT2D eigenvalue weighted by molar-refractivity contribution is -0.139. The van der Waals surface area contributed by atoms with E-state index in [1.165, 1.54) is 0 Å². The molecule has 4 rings (SSSR count). The van der Waals surface area contributed by atoms with Gasteiger partial charge < -0.3 is 46.4 Å². The van der Waals surface area contributed by atoms with Crippen LogP contribution in [0.3, 0.4) is 0 Å². The number of alkyl halides is 6. The Kier molecular flexibility index (Phi) is 13.7. The molecule has 23 heteroatoms. The molecule has 0 radical (unpaired) electrons. The molecule has 3 atom stereocenters. The second-order valence-electron chi connectivity index (χ2n) is 12.1. The van der Waals surface area contributed by atoms with E-state index in [0.29, 0.717) is 31.4 Å². The summed E-state index contributed by atoms with van der Waals surface area (Å²) in [5.41, 5.74) is 0.199. The average molecular weight is 775 g/mol. The Balaban J connectivity index is 1.48. The number of hydrogen-bond donors (Lipinski definition) is 7. The number of fused-ring (bicyclic) bond motifs is 2. The molecule has 0 fully saturated rings. The minimum Gasteiger partial charge on any atom is -0.423 e. The Morgan fingerprint density at radius 2 is 1.32 bits per heavy atom. The van der Waals surface area contributed by atoms with Gasteiger partial charge in [0.05, 0.1) is 30.4 Å². The maximum absolute atomic E-state index is 13.8. The van der Waals surface area contributed by atoms with Crippen LogP contribution in [0.5, 0.6) is 0 Å². The maximum atomic E-state index is 13.8. The summed E-state index contributed by atoms with van der Waals surface area (Å²) in [6.07, 6.45) is -8.73. The lowest BCUT2D eigenvalue weighted by Gasteiger charge is -2.21. The van der Waals surface area contributed by atoms with E-state index in [2.05, 4.69) is 21.3 Å². The first-order valence-corrected chi connectivity index (χ1v) is 16.6. The molecule has 0 saturated carbocycles. The van der Waals surface area contributed by atoms with Crippen molar-refractivity contribution in [1.29, 1.82) is 0 Å². The van der Waals surface area contributed by atoms with Gasteiger partial charge >= 0.3 is 26.6 Å². The van der Waals surface area contributed by atoms with Crippen molar-refractivity contribution in [1.82, 2.24) is 21.3 Å². The highest BCUT2D eigenvalue weighted by Crippen LogP contribution is 2.35. The number of carbonyl (C=O) groups excluding carboxylic acids is 5. The van der Waals surface area contributed by atoms with Gasteiger partial charge in [0.1, 0.15) is 6.04 Å². The van der Waals surface area contributed by atoms with E-state index in [-0.39, 0.29) is 41.5 Å². The minimum atomic E-state index is -4.97. The van der Waals surface area contributed by atoms with Crippen molar-refractivity contribution in [3.8, 4) is 0 Å².